The molecule has 0 spiro atoms. The van der Waals surface area contributed by atoms with Crippen molar-refractivity contribution in [3.05, 3.63) is 53.9 Å². The Morgan fingerprint density at radius 1 is 1.00 bits per heavy atom. The van der Waals surface area contributed by atoms with Crippen molar-refractivity contribution >= 4 is 5.91 Å². The quantitative estimate of drug-likeness (QED) is 0.833. The highest BCUT2D eigenvalue weighted by atomic mass is 16.5. The normalized spacial score (nSPS) is 26.5. The summed E-state index contributed by atoms with van der Waals surface area (Å²) in [5.74, 6) is 2.39. The number of aromatic nitrogens is 1. The summed E-state index contributed by atoms with van der Waals surface area (Å²) in [4.78, 5) is 19.3. The SMILES string of the molecule is O=C([C@@H]1C[C@@H]1c1ccncc1)N1CCC[C@H]1c1ccc2c(c1)OCCCO2. The molecule has 1 saturated heterocycles. The molecular weight excluding hydrogens is 340 g/mol. The molecule has 1 aliphatic carbocycles. The Hall–Kier alpha value is -2.56. The van der Waals surface area contributed by atoms with Gasteiger partial charge in [-0.05, 0) is 60.6 Å². The van der Waals surface area contributed by atoms with Crippen molar-refractivity contribution in [2.75, 3.05) is 19.8 Å². The molecule has 1 aromatic carbocycles. The molecule has 5 nitrogen and oxygen atoms in total. The van der Waals surface area contributed by atoms with Crippen LogP contribution in [0, 0.1) is 5.92 Å². The number of ether oxygens (including phenoxy) is 2. The first-order valence-corrected chi connectivity index (χ1v) is 9.91. The summed E-state index contributed by atoms with van der Waals surface area (Å²) in [6.45, 7) is 2.22. The minimum atomic E-state index is 0.119. The van der Waals surface area contributed by atoms with E-state index in [1.807, 2.05) is 30.6 Å². The number of fused-ring (bicyclic) bond motifs is 1. The van der Waals surface area contributed by atoms with Gasteiger partial charge < -0.3 is 14.4 Å². The Morgan fingerprint density at radius 2 is 1.81 bits per heavy atom. The second-order valence-corrected chi connectivity index (χ2v) is 7.68. The van der Waals surface area contributed by atoms with E-state index in [0.717, 1.165) is 49.3 Å². The Labute approximate surface area is 159 Å². The molecule has 2 aromatic rings. The van der Waals surface area contributed by atoms with E-state index in [1.165, 1.54) is 5.56 Å². The Morgan fingerprint density at radius 3 is 2.67 bits per heavy atom. The van der Waals surface area contributed by atoms with E-state index in [-0.39, 0.29) is 12.0 Å². The van der Waals surface area contributed by atoms with E-state index in [2.05, 4.69) is 22.0 Å². The lowest BCUT2D eigenvalue weighted by atomic mass is 10.0. The molecule has 5 heteroatoms. The number of hydrogen-bond acceptors (Lipinski definition) is 4. The van der Waals surface area contributed by atoms with Crippen molar-refractivity contribution in [2.45, 2.75) is 37.6 Å². The number of likely N-dealkylation sites (tertiary alicyclic amines) is 1. The summed E-state index contributed by atoms with van der Waals surface area (Å²) >= 11 is 0. The molecule has 2 aliphatic heterocycles. The Kier molecular flexibility index (Phi) is 4.23. The maximum atomic E-state index is 13.2. The zero-order chi connectivity index (χ0) is 18.2. The predicted molar refractivity (Wildman–Crippen MR) is 101 cm³/mol. The Balaban J connectivity index is 1.34. The molecule has 1 saturated carbocycles. The van der Waals surface area contributed by atoms with Gasteiger partial charge in [0.1, 0.15) is 0 Å². The summed E-state index contributed by atoms with van der Waals surface area (Å²) in [5, 5.41) is 0. The highest BCUT2D eigenvalue weighted by Crippen LogP contribution is 2.50. The molecule has 3 heterocycles. The van der Waals surface area contributed by atoms with Crippen molar-refractivity contribution in [1.82, 2.24) is 9.88 Å². The summed E-state index contributed by atoms with van der Waals surface area (Å²) in [6.07, 6.45) is 7.54. The second kappa shape index (κ2) is 6.87. The summed E-state index contributed by atoms with van der Waals surface area (Å²) in [7, 11) is 0. The van der Waals surface area contributed by atoms with Gasteiger partial charge in [-0.3, -0.25) is 9.78 Å². The molecule has 27 heavy (non-hydrogen) atoms. The number of hydrogen-bond donors (Lipinski definition) is 0. The van der Waals surface area contributed by atoms with Crippen LogP contribution in [-0.2, 0) is 4.79 Å². The van der Waals surface area contributed by atoms with E-state index in [1.54, 1.807) is 0 Å². The van der Waals surface area contributed by atoms with Crippen molar-refractivity contribution in [2.24, 2.45) is 5.92 Å². The van der Waals surface area contributed by atoms with Crippen LogP contribution in [0.1, 0.15) is 48.8 Å². The molecule has 1 aromatic heterocycles. The first kappa shape index (κ1) is 16.6. The van der Waals surface area contributed by atoms with Crippen LogP contribution in [0.3, 0.4) is 0 Å². The van der Waals surface area contributed by atoms with Gasteiger partial charge in [-0.25, -0.2) is 0 Å². The molecule has 3 atom stereocenters. The van der Waals surface area contributed by atoms with Gasteiger partial charge >= 0.3 is 0 Å². The number of amides is 1. The van der Waals surface area contributed by atoms with Crippen LogP contribution >= 0.6 is 0 Å². The third-order valence-electron chi connectivity index (χ3n) is 5.93. The zero-order valence-electron chi connectivity index (χ0n) is 15.3. The van der Waals surface area contributed by atoms with Crippen LogP contribution in [-0.4, -0.2) is 35.5 Å². The number of rotatable bonds is 3. The average molecular weight is 364 g/mol. The standard InChI is InChI=1S/C22H24N2O3/c25-22(18-14-17(18)15-6-8-23-9-7-15)24-10-1-3-19(24)16-4-5-20-21(13-16)27-12-2-11-26-20/h4-9,13,17-19H,1-3,10-12,14H2/t17-,18-,19+/m1/s1. The molecule has 5 rings (SSSR count). The van der Waals surface area contributed by atoms with Crippen LogP contribution in [0.4, 0.5) is 0 Å². The predicted octanol–water partition coefficient (Wildman–Crippen LogP) is 3.71. The van der Waals surface area contributed by atoms with E-state index in [9.17, 15) is 4.79 Å². The van der Waals surface area contributed by atoms with Crippen LogP contribution < -0.4 is 9.47 Å². The number of pyridine rings is 1. The average Bonchev–Trinajstić information content (AvgIpc) is 3.42. The van der Waals surface area contributed by atoms with Gasteiger partial charge in [0.05, 0.1) is 19.3 Å². The van der Waals surface area contributed by atoms with Gasteiger partial charge in [-0.1, -0.05) is 6.07 Å². The summed E-state index contributed by atoms with van der Waals surface area (Å²) < 4.78 is 11.6. The van der Waals surface area contributed by atoms with Crippen LogP contribution in [0.5, 0.6) is 11.5 Å². The first-order chi connectivity index (χ1) is 13.3. The Bertz CT molecular complexity index is 839. The van der Waals surface area contributed by atoms with Gasteiger partial charge in [-0.15, -0.1) is 0 Å². The summed E-state index contributed by atoms with van der Waals surface area (Å²) in [6, 6.07) is 10.4. The van der Waals surface area contributed by atoms with Crippen LogP contribution in [0.2, 0.25) is 0 Å². The number of nitrogens with zero attached hydrogens (tertiary/aromatic N) is 2. The van der Waals surface area contributed by atoms with E-state index in [0.29, 0.717) is 25.0 Å². The van der Waals surface area contributed by atoms with Crippen molar-refractivity contribution in [1.29, 1.82) is 0 Å². The monoisotopic (exact) mass is 364 g/mol. The largest absolute Gasteiger partial charge is 0.490 e. The van der Waals surface area contributed by atoms with Gasteiger partial charge in [-0.2, -0.15) is 0 Å². The highest BCUT2D eigenvalue weighted by molar-refractivity contribution is 5.83. The van der Waals surface area contributed by atoms with Gasteiger partial charge in [0.15, 0.2) is 11.5 Å². The maximum absolute atomic E-state index is 13.2. The minimum Gasteiger partial charge on any atom is -0.490 e. The van der Waals surface area contributed by atoms with E-state index >= 15 is 0 Å². The molecule has 0 N–H and O–H groups in total. The van der Waals surface area contributed by atoms with Gasteiger partial charge in [0.25, 0.3) is 0 Å². The van der Waals surface area contributed by atoms with Gasteiger partial charge in [0.2, 0.25) is 5.91 Å². The smallest absolute Gasteiger partial charge is 0.226 e. The van der Waals surface area contributed by atoms with Gasteiger partial charge in [0, 0.05) is 31.3 Å². The van der Waals surface area contributed by atoms with Crippen molar-refractivity contribution in [3.63, 3.8) is 0 Å². The highest BCUT2D eigenvalue weighted by Gasteiger charge is 2.47. The topological polar surface area (TPSA) is 51.7 Å². The minimum absolute atomic E-state index is 0.119. The lowest BCUT2D eigenvalue weighted by molar-refractivity contribution is -0.133. The fourth-order valence-corrected chi connectivity index (χ4v) is 4.42. The summed E-state index contributed by atoms with van der Waals surface area (Å²) in [5.41, 5.74) is 2.39. The molecule has 3 aliphatic rings. The third kappa shape index (κ3) is 3.15. The maximum Gasteiger partial charge on any atom is 0.226 e. The van der Waals surface area contributed by atoms with Crippen molar-refractivity contribution in [3.8, 4) is 11.5 Å². The first-order valence-electron chi connectivity index (χ1n) is 9.91. The van der Waals surface area contributed by atoms with E-state index in [4.69, 9.17) is 9.47 Å². The van der Waals surface area contributed by atoms with E-state index < -0.39 is 0 Å². The number of benzene rings is 1. The third-order valence-corrected chi connectivity index (χ3v) is 5.93. The second-order valence-electron chi connectivity index (χ2n) is 7.68. The molecule has 0 bridgehead atoms. The lowest BCUT2D eigenvalue weighted by Crippen LogP contribution is -2.32. The van der Waals surface area contributed by atoms with Crippen LogP contribution in [0.15, 0.2) is 42.7 Å². The molecule has 1 amide bonds. The van der Waals surface area contributed by atoms with Crippen LogP contribution in [0.25, 0.3) is 0 Å². The molecule has 140 valence electrons. The fraction of sp³-hybridized carbons (Fsp3) is 0.455. The fourth-order valence-electron chi connectivity index (χ4n) is 4.42. The van der Waals surface area contributed by atoms with Crippen molar-refractivity contribution < 1.29 is 14.3 Å². The molecule has 2 fully saturated rings. The number of carbonyl (C=O) groups excluding carboxylic acids is 1. The number of carbonyl (C=O) groups is 1. The molecule has 0 unspecified atom stereocenters. The lowest BCUT2D eigenvalue weighted by Gasteiger charge is -2.26. The zero-order valence-corrected chi connectivity index (χ0v) is 15.3. The molecule has 0 radical (unpaired) electrons. The molecular formula is C22H24N2O3.